The Morgan fingerprint density at radius 3 is 2.81 bits per heavy atom. The lowest BCUT2D eigenvalue weighted by atomic mass is 9.82. The Labute approximate surface area is 153 Å². The van der Waals surface area contributed by atoms with Crippen molar-refractivity contribution in [3.05, 3.63) is 85.2 Å². The summed E-state index contributed by atoms with van der Waals surface area (Å²) in [5.74, 6) is -1.10. The minimum absolute atomic E-state index is 0.0344. The summed E-state index contributed by atoms with van der Waals surface area (Å²) in [6.45, 7) is 5.23. The van der Waals surface area contributed by atoms with Crippen LogP contribution in [0.4, 0.5) is 5.82 Å². The van der Waals surface area contributed by atoms with Crippen LogP contribution >= 0.6 is 11.6 Å². The van der Waals surface area contributed by atoms with E-state index in [1.54, 1.807) is 31.2 Å². The highest BCUT2D eigenvalue weighted by molar-refractivity contribution is 6.30. The van der Waals surface area contributed by atoms with E-state index in [4.69, 9.17) is 16.3 Å². The lowest BCUT2D eigenvalue weighted by molar-refractivity contribution is -0.138. The molecule has 8 heteroatoms. The zero-order chi connectivity index (χ0) is 18.8. The number of allylic oxidation sites excluding steroid dienone is 1. The first kappa shape index (κ1) is 17.8. The molecule has 0 aliphatic carbocycles. The second kappa shape index (κ2) is 7.05. The van der Waals surface area contributed by atoms with Gasteiger partial charge in [0.15, 0.2) is 0 Å². The number of hydrogen-bond donors (Lipinski definition) is 3. The van der Waals surface area contributed by atoms with Gasteiger partial charge in [-0.15, -0.1) is 0 Å². The Morgan fingerprint density at radius 2 is 2.12 bits per heavy atom. The van der Waals surface area contributed by atoms with Gasteiger partial charge in [-0.1, -0.05) is 36.4 Å². The Hall–Kier alpha value is -3.06. The molecule has 0 radical (unpaired) electrons. The molecular formula is C18H16ClN3O4. The number of aromatic nitrogens is 2. The lowest BCUT2D eigenvalue weighted by Crippen LogP contribution is -2.35. The third-order valence-corrected chi connectivity index (χ3v) is 4.24. The number of benzene rings is 1. The fraction of sp³-hybridized carbons (Fsp3) is 0.167. The highest BCUT2D eigenvalue weighted by Crippen LogP contribution is 2.39. The number of nitrogens with one attached hydrogen (secondary N) is 3. The summed E-state index contributed by atoms with van der Waals surface area (Å²) in [6.07, 6.45) is 1.46. The van der Waals surface area contributed by atoms with Crippen molar-refractivity contribution in [2.75, 3.05) is 11.9 Å². The van der Waals surface area contributed by atoms with E-state index < -0.39 is 23.1 Å². The number of H-pyrrole nitrogens is 2. The van der Waals surface area contributed by atoms with Crippen LogP contribution in [-0.4, -0.2) is 22.5 Å². The van der Waals surface area contributed by atoms with Crippen LogP contribution in [0.3, 0.4) is 0 Å². The second-order valence-electron chi connectivity index (χ2n) is 5.74. The molecule has 1 aromatic heterocycles. The molecule has 0 fully saturated rings. The number of fused-ring (bicyclic) bond motifs is 1. The average molecular weight is 374 g/mol. The Balaban J connectivity index is 2.25. The average Bonchev–Trinajstić information content (AvgIpc) is 2.58. The Kier molecular flexibility index (Phi) is 4.81. The highest BCUT2D eigenvalue weighted by atomic mass is 35.5. The van der Waals surface area contributed by atoms with Gasteiger partial charge in [0.1, 0.15) is 12.4 Å². The van der Waals surface area contributed by atoms with Crippen molar-refractivity contribution in [3.63, 3.8) is 0 Å². The number of carbonyl (C=O) groups excluding carboxylic acids is 1. The summed E-state index contributed by atoms with van der Waals surface area (Å²) < 4.78 is 5.19. The molecule has 0 amide bonds. The molecule has 26 heavy (non-hydrogen) atoms. The van der Waals surface area contributed by atoms with Crippen molar-refractivity contribution in [2.24, 2.45) is 0 Å². The minimum atomic E-state index is -0.747. The van der Waals surface area contributed by atoms with Gasteiger partial charge in [0, 0.05) is 10.7 Å². The van der Waals surface area contributed by atoms with E-state index in [-0.39, 0.29) is 23.6 Å². The van der Waals surface area contributed by atoms with Gasteiger partial charge >= 0.3 is 11.7 Å². The molecule has 0 saturated heterocycles. The summed E-state index contributed by atoms with van der Waals surface area (Å²) in [5, 5.41) is 3.37. The van der Waals surface area contributed by atoms with E-state index in [0.717, 1.165) is 0 Å². The molecule has 1 unspecified atom stereocenters. The molecule has 3 rings (SSSR count). The first-order valence-electron chi connectivity index (χ1n) is 7.80. The van der Waals surface area contributed by atoms with Crippen LogP contribution in [0.5, 0.6) is 0 Å². The summed E-state index contributed by atoms with van der Waals surface area (Å²) in [7, 11) is 0. The van der Waals surface area contributed by atoms with Crippen LogP contribution in [0.25, 0.3) is 0 Å². The van der Waals surface area contributed by atoms with Crippen molar-refractivity contribution in [2.45, 2.75) is 12.8 Å². The second-order valence-corrected chi connectivity index (χ2v) is 6.17. The molecule has 3 N–H and O–H groups in total. The zero-order valence-corrected chi connectivity index (χ0v) is 14.6. The van der Waals surface area contributed by atoms with Crippen LogP contribution in [0.2, 0.25) is 5.02 Å². The summed E-state index contributed by atoms with van der Waals surface area (Å²) >= 11 is 6.10. The third-order valence-electron chi connectivity index (χ3n) is 4.01. The van der Waals surface area contributed by atoms with Gasteiger partial charge in [-0.05, 0) is 24.6 Å². The molecule has 2 aromatic rings. The summed E-state index contributed by atoms with van der Waals surface area (Å²) in [4.78, 5) is 41.5. The predicted octanol–water partition coefficient (Wildman–Crippen LogP) is 2.28. The maximum absolute atomic E-state index is 12.6. The standard InChI is InChI=1S/C18H16ClN3O4/c1-3-7-26-17(24)12-9(2)20-15-14(16(23)22-18(25)21-15)13(12)10-5-4-6-11(19)8-10/h3-6,8,13H,1,7H2,2H3,(H3,20,21,22,23,25). The summed E-state index contributed by atoms with van der Waals surface area (Å²) in [6, 6.07) is 6.84. The van der Waals surface area contributed by atoms with E-state index in [0.29, 0.717) is 16.3 Å². The fourth-order valence-electron chi connectivity index (χ4n) is 2.99. The number of ether oxygens (including phenoxy) is 1. The van der Waals surface area contributed by atoms with Crippen LogP contribution in [0, 0.1) is 0 Å². The number of aromatic amines is 2. The van der Waals surface area contributed by atoms with Gasteiger partial charge in [0.2, 0.25) is 0 Å². The minimum Gasteiger partial charge on any atom is -0.458 e. The SMILES string of the molecule is C=CCOC(=O)C1=C(C)Nc2[nH]c(=O)[nH]c(=O)c2C1c1cccc(Cl)c1. The van der Waals surface area contributed by atoms with Crippen molar-refractivity contribution in [1.29, 1.82) is 0 Å². The van der Waals surface area contributed by atoms with Crippen molar-refractivity contribution >= 4 is 23.4 Å². The molecule has 134 valence electrons. The van der Waals surface area contributed by atoms with E-state index in [2.05, 4.69) is 21.9 Å². The van der Waals surface area contributed by atoms with Crippen LogP contribution < -0.4 is 16.6 Å². The van der Waals surface area contributed by atoms with Gasteiger partial charge in [-0.3, -0.25) is 14.8 Å². The Morgan fingerprint density at radius 1 is 1.35 bits per heavy atom. The van der Waals surface area contributed by atoms with Crippen molar-refractivity contribution in [3.8, 4) is 0 Å². The van der Waals surface area contributed by atoms with E-state index in [9.17, 15) is 14.4 Å². The normalized spacial score (nSPS) is 15.8. The number of esters is 1. The monoisotopic (exact) mass is 373 g/mol. The lowest BCUT2D eigenvalue weighted by Gasteiger charge is -2.28. The van der Waals surface area contributed by atoms with E-state index in [1.165, 1.54) is 6.08 Å². The molecule has 1 atom stereocenters. The predicted molar refractivity (Wildman–Crippen MR) is 98.5 cm³/mol. The van der Waals surface area contributed by atoms with Crippen LogP contribution in [0.15, 0.2) is 57.8 Å². The van der Waals surface area contributed by atoms with E-state index in [1.807, 2.05) is 0 Å². The topological polar surface area (TPSA) is 104 Å². The molecule has 1 aromatic carbocycles. The number of rotatable bonds is 4. The number of anilines is 1. The largest absolute Gasteiger partial charge is 0.458 e. The van der Waals surface area contributed by atoms with Gasteiger partial charge in [0.25, 0.3) is 5.56 Å². The van der Waals surface area contributed by atoms with E-state index >= 15 is 0 Å². The molecule has 1 aliphatic rings. The maximum atomic E-state index is 12.6. The quantitative estimate of drug-likeness (QED) is 0.563. The molecule has 1 aliphatic heterocycles. The smallest absolute Gasteiger partial charge is 0.337 e. The Bertz CT molecular complexity index is 1040. The van der Waals surface area contributed by atoms with Crippen molar-refractivity contribution in [1.82, 2.24) is 9.97 Å². The first-order valence-corrected chi connectivity index (χ1v) is 8.18. The third kappa shape index (κ3) is 3.21. The molecule has 2 heterocycles. The first-order chi connectivity index (χ1) is 12.4. The zero-order valence-electron chi connectivity index (χ0n) is 13.9. The number of carbonyl (C=O) groups is 1. The van der Waals surface area contributed by atoms with Gasteiger partial charge in [0.05, 0.1) is 17.1 Å². The van der Waals surface area contributed by atoms with Gasteiger partial charge in [-0.2, -0.15) is 0 Å². The highest BCUT2D eigenvalue weighted by Gasteiger charge is 2.36. The molecule has 0 saturated carbocycles. The number of halogens is 1. The summed E-state index contributed by atoms with van der Waals surface area (Å²) in [5.41, 5.74) is 0.335. The molecule has 0 spiro atoms. The molecule has 7 nitrogen and oxygen atoms in total. The van der Waals surface area contributed by atoms with Crippen LogP contribution in [-0.2, 0) is 9.53 Å². The fourth-order valence-corrected chi connectivity index (χ4v) is 3.19. The number of hydrogen-bond acceptors (Lipinski definition) is 5. The maximum Gasteiger partial charge on any atom is 0.337 e. The van der Waals surface area contributed by atoms with Gasteiger partial charge in [-0.25, -0.2) is 9.59 Å². The molecule has 0 bridgehead atoms. The van der Waals surface area contributed by atoms with Crippen molar-refractivity contribution < 1.29 is 9.53 Å². The van der Waals surface area contributed by atoms with Gasteiger partial charge < -0.3 is 10.1 Å². The van der Waals surface area contributed by atoms with Crippen LogP contribution in [0.1, 0.15) is 24.0 Å². The molecular weight excluding hydrogens is 358 g/mol.